The van der Waals surface area contributed by atoms with Crippen molar-refractivity contribution in [2.24, 2.45) is 0 Å². The highest BCUT2D eigenvalue weighted by atomic mass is 32.2. The highest BCUT2D eigenvalue weighted by Crippen LogP contribution is 2.34. The van der Waals surface area contributed by atoms with Crippen molar-refractivity contribution in [3.8, 4) is 5.75 Å². The van der Waals surface area contributed by atoms with Gasteiger partial charge in [-0.25, -0.2) is 8.42 Å². The minimum Gasteiger partial charge on any atom is -0.497 e. The summed E-state index contributed by atoms with van der Waals surface area (Å²) in [5.41, 5.74) is 0.742. The first-order valence-electron chi connectivity index (χ1n) is 4.94. The van der Waals surface area contributed by atoms with E-state index in [9.17, 15) is 13.2 Å². The number of fused-ring (bicyclic) bond motifs is 1. The normalized spacial score (nSPS) is 21.4. The predicted octanol–water partition coefficient (Wildman–Crippen LogP) is 0.983. The van der Waals surface area contributed by atoms with E-state index in [2.05, 4.69) is 0 Å². The van der Waals surface area contributed by atoms with Crippen molar-refractivity contribution in [1.82, 2.24) is 0 Å². The Morgan fingerprint density at radius 2 is 2.25 bits per heavy atom. The predicted molar refractivity (Wildman–Crippen MR) is 58.4 cm³/mol. The molecule has 4 nitrogen and oxygen atoms in total. The molecule has 86 valence electrons. The number of carbonyl (C=O) groups is 1. The van der Waals surface area contributed by atoms with Gasteiger partial charge in [-0.1, -0.05) is 0 Å². The van der Waals surface area contributed by atoms with Crippen LogP contribution in [0.1, 0.15) is 12.0 Å². The number of rotatable bonds is 3. The zero-order valence-electron chi connectivity index (χ0n) is 8.84. The standard InChI is InChI=1S/C11H12O4S/c1-15-9-2-3-11-8(6-9)7-10(4-5-12)16(11,13)14/h2-3,5-6,10H,4,7H2,1H3. The molecule has 2 rings (SSSR count). The maximum atomic E-state index is 12.0. The van der Waals surface area contributed by atoms with Gasteiger partial charge < -0.3 is 9.53 Å². The second-order valence-electron chi connectivity index (χ2n) is 3.75. The second kappa shape index (κ2) is 3.90. The summed E-state index contributed by atoms with van der Waals surface area (Å²) in [4.78, 5) is 10.8. The molecule has 1 unspecified atom stereocenters. The zero-order chi connectivity index (χ0) is 11.8. The topological polar surface area (TPSA) is 60.4 Å². The van der Waals surface area contributed by atoms with Crippen molar-refractivity contribution in [2.75, 3.05) is 7.11 Å². The Morgan fingerprint density at radius 1 is 1.50 bits per heavy atom. The molecule has 0 saturated heterocycles. The van der Waals surface area contributed by atoms with Crippen molar-refractivity contribution in [3.63, 3.8) is 0 Å². The van der Waals surface area contributed by atoms with Crippen LogP contribution in [0.15, 0.2) is 23.1 Å². The summed E-state index contributed by atoms with van der Waals surface area (Å²) >= 11 is 0. The quantitative estimate of drug-likeness (QED) is 0.739. The molecule has 1 aliphatic heterocycles. The van der Waals surface area contributed by atoms with Gasteiger partial charge in [0.1, 0.15) is 12.0 Å². The van der Waals surface area contributed by atoms with Gasteiger partial charge in [0.25, 0.3) is 0 Å². The van der Waals surface area contributed by atoms with Gasteiger partial charge >= 0.3 is 0 Å². The average molecular weight is 240 g/mol. The van der Waals surface area contributed by atoms with Gasteiger partial charge in [0.05, 0.1) is 17.3 Å². The van der Waals surface area contributed by atoms with Crippen molar-refractivity contribution in [2.45, 2.75) is 23.0 Å². The van der Waals surface area contributed by atoms with Gasteiger partial charge in [-0.05, 0) is 30.2 Å². The number of hydrogen-bond donors (Lipinski definition) is 0. The van der Waals surface area contributed by atoms with E-state index in [4.69, 9.17) is 4.74 Å². The summed E-state index contributed by atoms with van der Waals surface area (Å²) in [6.45, 7) is 0. The molecular formula is C11H12O4S. The Hall–Kier alpha value is -1.36. The molecule has 1 aromatic rings. The fourth-order valence-electron chi connectivity index (χ4n) is 1.97. The molecule has 1 aliphatic rings. The fraction of sp³-hybridized carbons (Fsp3) is 0.364. The van der Waals surface area contributed by atoms with Crippen LogP contribution in [-0.4, -0.2) is 27.1 Å². The van der Waals surface area contributed by atoms with Crippen LogP contribution < -0.4 is 4.74 Å². The number of methoxy groups -OCH3 is 1. The molecule has 0 bridgehead atoms. The summed E-state index contributed by atoms with van der Waals surface area (Å²) in [5.74, 6) is 0.640. The molecule has 16 heavy (non-hydrogen) atoms. The largest absolute Gasteiger partial charge is 0.497 e. The van der Waals surface area contributed by atoms with Crippen LogP contribution in [0.25, 0.3) is 0 Å². The Labute approximate surface area is 94.2 Å². The average Bonchev–Trinajstić information content (AvgIpc) is 2.51. The first kappa shape index (κ1) is 11.1. The van der Waals surface area contributed by atoms with Gasteiger partial charge in [-0.2, -0.15) is 0 Å². The lowest BCUT2D eigenvalue weighted by atomic mass is 10.1. The molecule has 0 aliphatic carbocycles. The molecule has 0 aromatic heterocycles. The third-order valence-corrected chi connectivity index (χ3v) is 5.07. The second-order valence-corrected chi connectivity index (χ2v) is 5.94. The number of carbonyl (C=O) groups excluding carboxylic acids is 1. The molecule has 0 fully saturated rings. The summed E-state index contributed by atoms with van der Waals surface area (Å²) in [5, 5.41) is -0.605. The monoisotopic (exact) mass is 240 g/mol. The fourth-order valence-corrected chi connectivity index (χ4v) is 3.83. The molecule has 0 saturated carbocycles. The molecule has 1 heterocycles. The highest BCUT2D eigenvalue weighted by Gasteiger charge is 2.36. The molecule has 0 amide bonds. The van der Waals surface area contributed by atoms with Gasteiger partial charge in [-0.15, -0.1) is 0 Å². The van der Waals surface area contributed by atoms with Crippen molar-refractivity contribution in [3.05, 3.63) is 23.8 Å². The third kappa shape index (κ3) is 1.61. The van der Waals surface area contributed by atoms with Crippen LogP contribution in [0, 0.1) is 0 Å². The number of ether oxygens (including phenoxy) is 1. The van der Waals surface area contributed by atoms with Crippen LogP contribution >= 0.6 is 0 Å². The molecule has 0 N–H and O–H groups in total. The summed E-state index contributed by atoms with van der Waals surface area (Å²) in [6.07, 6.45) is 1.11. The van der Waals surface area contributed by atoms with Gasteiger partial charge in [0.15, 0.2) is 9.84 Å². The number of aldehydes is 1. The molecule has 1 aromatic carbocycles. The Balaban J connectivity index is 2.47. The summed E-state index contributed by atoms with van der Waals surface area (Å²) in [6, 6.07) is 4.89. The molecule has 0 spiro atoms. The Morgan fingerprint density at radius 3 is 2.88 bits per heavy atom. The van der Waals surface area contributed by atoms with E-state index in [1.165, 1.54) is 7.11 Å². The van der Waals surface area contributed by atoms with Crippen LogP contribution in [0.2, 0.25) is 0 Å². The summed E-state index contributed by atoms with van der Waals surface area (Å²) < 4.78 is 29.0. The zero-order valence-corrected chi connectivity index (χ0v) is 9.66. The molecule has 0 radical (unpaired) electrons. The van der Waals surface area contributed by atoms with Gasteiger partial charge in [0, 0.05) is 6.42 Å². The lowest BCUT2D eigenvalue weighted by Crippen LogP contribution is -2.17. The van der Waals surface area contributed by atoms with Crippen molar-refractivity contribution in [1.29, 1.82) is 0 Å². The first-order chi connectivity index (χ1) is 7.59. The van der Waals surface area contributed by atoms with E-state index in [1.54, 1.807) is 18.2 Å². The number of hydrogen-bond acceptors (Lipinski definition) is 4. The lowest BCUT2D eigenvalue weighted by Gasteiger charge is -2.03. The molecule has 5 heteroatoms. The lowest BCUT2D eigenvalue weighted by molar-refractivity contribution is -0.107. The molecule has 1 atom stereocenters. The minimum atomic E-state index is -3.32. The smallest absolute Gasteiger partial charge is 0.182 e. The number of benzene rings is 1. The summed E-state index contributed by atoms with van der Waals surface area (Å²) in [7, 11) is -1.78. The van der Waals surface area contributed by atoms with Crippen LogP contribution in [0.3, 0.4) is 0 Å². The number of sulfone groups is 1. The highest BCUT2D eigenvalue weighted by molar-refractivity contribution is 7.92. The van der Waals surface area contributed by atoms with Crippen LogP contribution in [0.5, 0.6) is 5.75 Å². The van der Waals surface area contributed by atoms with E-state index in [0.717, 1.165) is 5.56 Å². The SMILES string of the molecule is COc1ccc2c(c1)CC(CC=O)S2(=O)=O. The maximum absolute atomic E-state index is 12.0. The Kier molecular flexibility index (Phi) is 2.71. The maximum Gasteiger partial charge on any atom is 0.182 e. The van der Waals surface area contributed by atoms with Crippen molar-refractivity contribution < 1.29 is 17.9 Å². The van der Waals surface area contributed by atoms with Crippen LogP contribution in [-0.2, 0) is 21.1 Å². The van der Waals surface area contributed by atoms with Gasteiger partial charge in [-0.3, -0.25) is 0 Å². The van der Waals surface area contributed by atoms with E-state index >= 15 is 0 Å². The third-order valence-electron chi connectivity index (χ3n) is 2.82. The minimum absolute atomic E-state index is 0.0549. The van der Waals surface area contributed by atoms with Crippen LogP contribution in [0.4, 0.5) is 0 Å². The van der Waals surface area contributed by atoms with Crippen molar-refractivity contribution >= 4 is 16.1 Å². The van der Waals surface area contributed by atoms with Gasteiger partial charge in [0.2, 0.25) is 0 Å². The van der Waals surface area contributed by atoms with E-state index in [1.807, 2.05) is 0 Å². The molecular weight excluding hydrogens is 228 g/mol. The van der Waals surface area contributed by atoms with E-state index in [-0.39, 0.29) is 6.42 Å². The first-order valence-corrected chi connectivity index (χ1v) is 6.48. The van der Waals surface area contributed by atoms with E-state index < -0.39 is 15.1 Å². The van der Waals surface area contributed by atoms with E-state index in [0.29, 0.717) is 23.4 Å². The Bertz CT molecular complexity index is 519.